The number of carbonyl (C=O) groups is 3. The summed E-state index contributed by atoms with van der Waals surface area (Å²) in [6.07, 6.45) is 5.13. The summed E-state index contributed by atoms with van der Waals surface area (Å²) >= 11 is 0. The Labute approximate surface area is 261 Å². The first-order valence-corrected chi connectivity index (χ1v) is 15.8. The molecule has 6 atom stereocenters. The third kappa shape index (κ3) is 5.39. The fourth-order valence-electron chi connectivity index (χ4n) is 7.70. The van der Waals surface area contributed by atoms with Gasteiger partial charge in [-0.1, -0.05) is 61.5 Å². The van der Waals surface area contributed by atoms with E-state index in [2.05, 4.69) is 13.2 Å². The zero-order valence-corrected chi connectivity index (χ0v) is 26.2. The van der Waals surface area contributed by atoms with Crippen LogP contribution in [0.25, 0.3) is 0 Å². The number of likely N-dealkylation sites (tertiary alicyclic amines) is 1. The maximum Gasteiger partial charge on any atom is 0.253 e. The largest absolute Gasteiger partial charge is 0.394 e. The number of carbonyl (C=O) groups excluding carboxylic acids is 3. The molecule has 3 heterocycles. The molecule has 0 radical (unpaired) electrons. The summed E-state index contributed by atoms with van der Waals surface area (Å²) in [6, 6.07) is 13.9. The number of nitrogens with zero attached hydrogens (tertiary/aromatic N) is 3. The second kappa shape index (κ2) is 13.1. The summed E-state index contributed by atoms with van der Waals surface area (Å²) in [5, 5.41) is 10.8. The molecule has 0 aliphatic carbocycles. The molecular weight excluding hydrogens is 554 g/mol. The van der Waals surface area contributed by atoms with Crippen molar-refractivity contribution in [3.8, 4) is 0 Å². The zero-order chi connectivity index (χ0) is 31.6. The van der Waals surface area contributed by atoms with Gasteiger partial charge in [0.25, 0.3) is 5.91 Å². The monoisotopic (exact) mass is 599 g/mol. The molecule has 3 aliphatic heterocycles. The molecule has 2 aromatic carbocycles. The van der Waals surface area contributed by atoms with Crippen LogP contribution < -0.4 is 4.90 Å². The number of amides is 3. The third-order valence-electron chi connectivity index (χ3n) is 9.56. The Balaban J connectivity index is 1.62. The van der Waals surface area contributed by atoms with Crippen LogP contribution in [0.3, 0.4) is 0 Å². The van der Waals surface area contributed by atoms with Gasteiger partial charge in [-0.05, 0) is 62.3 Å². The predicted molar refractivity (Wildman–Crippen MR) is 171 cm³/mol. The Morgan fingerprint density at radius 1 is 1.11 bits per heavy atom. The van der Waals surface area contributed by atoms with Crippen LogP contribution in [0, 0.1) is 25.7 Å². The number of benzene rings is 2. The molecule has 8 nitrogen and oxygen atoms in total. The SMILES string of the molecule is C=CCN(CCC)C(=O)[C@@H]1[C@@H]2CCC3(O2)C(C(=O)N(CC=C)c2cc(C)ccc2C)N([C@@H](CO)Cc2ccccc2)C(=O)[C@H]13. The highest BCUT2D eigenvalue weighted by atomic mass is 16.5. The maximum atomic E-state index is 15.0. The van der Waals surface area contributed by atoms with Crippen molar-refractivity contribution in [3.05, 3.63) is 90.5 Å². The van der Waals surface area contributed by atoms with Crippen LogP contribution in [0.1, 0.15) is 42.9 Å². The van der Waals surface area contributed by atoms with Gasteiger partial charge in [-0.3, -0.25) is 14.4 Å². The van der Waals surface area contributed by atoms with Crippen molar-refractivity contribution in [1.29, 1.82) is 0 Å². The smallest absolute Gasteiger partial charge is 0.253 e. The number of aliphatic hydroxyl groups excluding tert-OH is 1. The van der Waals surface area contributed by atoms with E-state index >= 15 is 0 Å². The van der Waals surface area contributed by atoms with Crippen LogP contribution in [0.5, 0.6) is 0 Å². The summed E-state index contributed by atoms with van der Waals surface area (Å²) < 4.78 is 6.73. The minimum absolute atomic E-state index is 0.134. The van der Waals surface area contributed by atoms with Crippen molar-refractivity contribution in [2.75, 3.05) is 31.1 Å². The molecule has 8 heteroatoms. The first kappa shape index (κ1) is 31.7. The molecule has 1 spiro atoms. The molecule has 3 fully saturated rings. The van der Waals surface area contributed by atoms with Crippen molar-refractivity contribution >= 4 is 23.4 Å². The lowest BCUT2D eigenvalue weighted by atomic mass is 9.70. The molecule has 2 bridgehead atoms. The van der Waals surface area contributed by atoms with Gasteiger partial charge in [0.2, 0.25) is 11.8 Å². The van der Waals surface area contributed by atoms with Crippen LogP contribution in [-0.4, -0.2) is 82.7 Å². The topological polar surface area (TPSA) is 90.4 Å². The molecular formula is C36H45N3O5. The Morgan fingerprint density at radius 3 is 2.50 bits per heavy atom. The van der Waals surface area contributed by atoms with Gasteiger partial charge in [-0.25, -0.2) is 0 Å². The normalized spacial score (nSPS) is 25.9. The first-order valence-electron chi connectivity index (χ1n) is 15.8. The molecule has 3 saturated heterocycles. The highest BCUT2D eigenvalue weighted by Gasteiger charge is 2.75. The summed E-state index contributed by atoms with van der Waals surface area (Å²) in [6.45, 7) is 14.5. The van der Waals surface area contributed by atoms with Gasteiger partial charge in [0.15, 0.2) is 0 Å². The molecule has 2 unspecified atom stereocenters. The molecule has 44 heavy (non-hydrogen) atoms. The van der Waals surface area contributed by atoms with E-state index in [1.165, 1.54) is 0 Å². The van der Waals surface area contributed by atoms with E-state index in [1.807, 2.05) is 69.3 Å². The molecule has 0 saturated carbocycles. The minimum Gasteiger partial charge on any atom is -0.394 e. The Morgan fingerprint density at radius 2 is 1.84 bits per heavy atom. The minimum atomic E-state index is -1.17. The second-order valence-corrected chi connectivity index (χ2v) is 12.4. The lowest BCUT2D eigenvalue weighted by Gasteiger charge is -2.39. The number of fused-ring (bicyclic) bond motifs is 1. The molecule has 3 aliphatic rings. The number of aliphatic hydroxyl groups is 1. The van der Waals surface area contributed by atoms with Gasteiger partial charge in [-0.15, -0.1) is 13.2 Å². The van der Waals surface area contributed by atoms with Crippen molar-refractivity contribution in [3.63, 3.8) is 0 Å². The summed E-state index contributed by atoms with van der Waals surface area (Å²) in [7, 11) is 0. The average molecular weight is 600 g/mol. The fraction of sp³-hybridized carbons (Fsp3) is 0.472. The molecule has 5 rings (SSSR count). The van der Waals surface area contributed by atoms with E-state index < -0.39 is 35.6 Å². The van der Waals surface area contributed by atoms with Crippen molar-refractivity contribution in [2.24, 2.45) is 11.8 Å². The van der Waals surface area contributed by atoms with Gasteiger partial charge in [-0.2, -0.15) is 0 Å². The standard InChI is InChI=1S/C36H45N3O5/c1-6-18-37(19-7-2)33(41)30-29-16-17-36(44-29)31(30)34(42)39(27(23-40)22-26-12-10-9-11-13-26)32(36)35(43)38(20-8-3)28-21-24(4)14-15-25(28)5/h6,8-15,21,27,29-32,40H,1,3,7,16-20,22-23H2,2,4-5H3/t27-,29+,30-,31+,32?,36?/m1/s1. The first-order chi connectivity index (χ1) is 21.2. The highest BCUT2D eigenvalue weighted by Crippen LogP contribution is 2.59. The number of rotatable bonds is 13. The van der Waals surface area contributed by atoms with Crippen LogP contribution in [0.2, 0.25) is 0 Å². The van der Waals surface area contributed by atoms with Crippen LogP contribution >= 0.6 is 0 Å². The number of ether oxygens (including phenoxy) is 1. The number of hydrogen-bond donors (Lipinski definition) is 1. The van der Waals surface area contributed by atoms with Crippen molar-refractivity contribution in [1.82, 2.24) is 9.80 Å². The second-order valence-electron chi connectivity index (χ2n) is 12.4. The molecule has 1 N–H and O–H groups in total. The summed E-state index contributed by atoms with van der Waals surface area (Å²) in [4.78, 5) is 48.8. The highest BCUT2D eigenvalue weighted by molar-refractivity contribution is 6.05. The van der Waals surface area contributed by atoms with Crippen LogP contribution in [-0.2, 0) is 25.5 Å². The van der Waals surface area contributed by atoms with E-state index in [1.54, 1.807) is 26.9 Å². The van der Waals surface area contributed by atoms with Crippen molar-refractivity contribution in [2.45, 2.75) is 70.2 Å². The lowest BCUT2D eigenvalue weighted by molar-refractivity contribution is -0.147. The van der Waals surface area contributed by atoms with Crippen molar-refractivity contribution < 1.29 is 24.2 Å². The van der Waals surface area contributed by atoms with Gasteiger partial charge in [0, 0.05) is 25.3 Å². The third-order valence-corrected chi connectivity index (χ3v) is 9.56. The fourth-order valence-corrected chi connectivity index (χ4v) is 7.70. The van der Waals surface area contributed by atoms with E-state index in [0.29, 0.717) is 32.4 Å². The Kier molecular flexibility index (Phi) is 9.42. The van der Waals surface area contributed by atoms with E-state index in [0.717, 1.165) is 28.8 Å². The van der Waals surface area contributed by atoms with E-state index in [9.17, 15) is 19.5 Å². The molecule has 234 valence electrons. The maximum absolute atomic E-state index is 15.0. The lowest BCUT2D eigenvalue weighted by Crippen LogP contribution is -2.59. The number of aryl methyl sites for hydroxylation is 2. The van der Waals surface area contributed by atoms with Gasteiger partial charge in [0.05, 0.1) is 30.6 Å². The Bertz CT molecular complexity index is 1410. The van der Waals surface area contributed by atoms with Gasteiger partial charge < -0.3 is 24.5 Å². The number of hydrogen-bond acceptors (Lipinski definition) is 5. The summed E-state index contributed by atoms with van der Waals surface area (Å²) in [5.41, 5.74) is 2.43. The average Bonchev–Trinajstić information content (AvgIpc) is 3.67. The van der Waals surface area contributed by atoms with Crippen LogP contribution in [0.15, 0.2) is 73.8 Å². The molecule has 0 aromatic heterocycles. The van der Waals surface area contributed by atoms with Gasteiger partial charge >= 0.3 is 0 Å². The van der Waals surface area contributed by atoms with E-state index in [-0.39, 0.29) is 30.9 Å². The Hall–Kier alpha value is -3.75. The quantitative estimate of drug-likeness (QED) is 0.348. The molecule has 3 amide bonds. The van der Waals surface area contributed by atoms with Gasteiger partial charge in [0.1, 0.15) is 11.6 Å². The predicted octanol–water partition coefficient (Wildman–Crippen LogP) is 4.23. The molecule has 2 aromatic rings. The van der Waals surface area contributed by atoms with Crippen LogP contribution in [0.4, 0.5) is 5.69 Å². The zero-order valence-electron chi connectivity index (χ0n) is 26.2. The number of anilines is 1. The van der Waals surface area contributed by atoms with E-state index in [4.69, 9.17) is 4.74 Å². The summed E-state index contributed by atoms with van der Waals surface area (Å²) in [5.74, 6) is -2.24.